The number of unbranched alkanes of at least 4 members (excludes halogenated alkanes) is 1. The number of hydrogen-bond acceptors (Lipinski definition) is 2. The molecule has 0 rings (SSSR count). The Labute approximate surface area is 89.4 Å². The van der Waals surface area contributed by atoms with Crippen molar-refractivity contribution < 1.29 is 4.74 Å². The van der Waals surface area contributed by atoms with Crippen molar-refractivity contribution in [1.82, 2.24) is 5.32 Å². The summed E-state index contributed by atoms with van der Waals surface area (Å²) < 4.78 is 5.00. The Morgan fingerprint density at radius 1 is 1.21 bits per heavy atom. The molecule has 1 N–H and O–H groups in total. The molecule has 0 aliphatic rings. The maximum Gasteiger partial charge on any atom is 0.0462 e. The SMILES string of the molecule is COCCCCNCC(C)C(C)(C)C. The highest BCUT2D eigenvalue weighted by Crippen LogP contribution is 2.24. The third-order valence-corrected chi connectivity index (χ3v) is 2.88. The van der Waals surface area contributed by atoms with Crippen molar-refractivity contribution in [2.24, 2.45) is 11.3 Å². The molecular weight excluding hydrogens is 174 g/mol. The van der Waals surface area contributed by atoms with Gasteiger partial charge in [-0.2, -0.15) is 0 Å². The lowest BCUT2D eigenvalue weighted by Crippen LogP contribution is -2.30. The van der Waals surface area contributed by atoms with Crippen LogP contribution in [-0.2, 0) is 4.74 Å². The molecule has 0 saturated carbocycles. The van der Waals surface area contributed by atoms with Gasteiger partial charge < -0.3 is 10.1 Å². The summed E-state index contributed by atoms with van der Waals surface area (Å²) in [6.07, 6.45) is 2.37. The lowest BCUT2D eigenvalue weighted by molar-refractivity contribution is 0.191. The minimum absolute atomic E-state index is 0.416. The molecular formula is C12H27NO. The molecule has 0 heterocycles. The topological polar surface area (TPSA) is 21.3 Å². The van der Waals surface area contributed by atoms with Gasteiger partial charge in [-0.25, -0.2) is 0 Å². The zero-order valence-electron chi connectivity index (χ0n) is 10.5. The number of ether oxygens (including phenoxy) is 1. The lowest BCUT2D eigenvalue weighted by Gasteiger charge is -2.27. The van der Waals surface area contributed by atoms with Gasteiger partial charge in [0.25, 0.3) is 0 Å². The van der Waals surface area contributed by atoms with E-state index < -0.39 is 0 Å². The maximum atomic E-state index is 5.00. The van der Waals surface area contributed by atoms with E-state index in [1.54, 1.807) is 7.11 Å². The average molecular weight is 201 g/mol. The fourth-order valence-electron chi connectivity index (χ4n) is 1.12. The van der Waals surface area contributed by atoms with Crippen LogP contribution in [0.3, 0.4) is 0 Å². The maximum absolute atomic E-state index is 5.00. The first-order valence-electron chi connectivity index (χ1n) is 5.68. The van der Waals surface area contributed by atoms with Gasteiger partial charge in [0.2, 0.25) is 0 Å². The lowest BCUT2D eigenvalue weighted by atomic mass is 9.82. The van der Waals surface area contributed by atoms with Crippen molar-refractivity contribution in [2.45, 2.75) is 40.5 Å². The van der Waals surface area contributed by atoms with E-state index in [2.05, 4.69) is 33.0 Å². The van der Waals surface area contributed by atoms with Gasteiger partial charge in [0.05, 0.1) is 0 Å². The fraction of sp³-hybridized carbons (Fsp3) is 1.00. The van der Waals surface area contributed by atoms with Gasteiger partial charge in [-0.05, 0) is 37.3 Å². The zero-order valence-corrected chi connectivity index (χ0v) is 10.5. The summed E-state index contributed by atoms with van der Waals surface area (Å²) in [7, 11) is 1.76. The highest BCUT2D eigenvalue weighted by atomic mass is 16.5. The molecule has 2 nitrogen and oxygen atoms in total. The quantitative estimate of drug-likeness (QED) is 0.639. The first-order chi connectivity index (χ1) is 6.48. The molecule has 1 unspecified atom stereocenters. The Morgan fingerprint density at radius 2 is 1.86 bits per heavy atom. The van der Waals surface area contributed by atoms with Crippen molar-refractivity contribution in [2.75, 3.05) is 26.8 Å². The number of rotatable bonds is 7. The van der Waals surface area contributed by atoms with Crippen molar-refractivity contribution in [3.05, 3.63) is 0 Å². The van der Waals surface area contributed by atoms with Gasteiger partial charge in [-0.1, -0.05) is 27.7 Å². The van der Waals surface area contributed by atoms with E-state index in [1.165, 1.54) is 6.42 Å². The Kier molecular flexibility index (Phi) is 7.20. The number of hydrogen-bond donors (Lipinski definition) is 1. The molecule has 0 saturated heterocycles. The number of nitrogens with one attached hydrogen (secondary N) is 1. The van der Waals surface area contributed by atoms with E-state index in [9.17, 15) is 0 Å². The molecule has 0 aromatic rings. The fourth-order valence-corrected chi connectivity index (χ4v) is 1.12. The molecule has 0 aromatic heterocycles. The van der Waals surface area contributed by atoms with Crippen LogP contribution in [0.1, 0.15) is 40.5 Å². The average Bonchev–Trinajstić information content (AvgIpc) is 2.09. The van der Waals surface area contributed by atoms with Gasteiger partial charge in [-0.3, -0.25) is 0 Å². The third-order valence-electron chi connectivity index (χ3n) is 2.88. The van der Waals surface area contributed by atoms with Crippen LogP contribution >= 0.6 is 0 Å². The summed E-state index contributed by atoms with van der Waals surface area (Å²) in [5.74, 6) is 0.727. The van der Waals surface area contributed by atoms with Gasteiger partial charge >= 0.3 is 0 Å². The van der Waals surface area contributed by atoms with Crippen LogP contribution < -0.4 is 5.32 Å². The molecule has 0 aliphatic heterocycles. The minimum Gasteiger partial charge on any atom is -0.385 e. The second-order valence-corrected chi connectivity index (χ2v) is 5.17. The molecule has 0 fully saturated rings. The highest BCUT2D eigenvalue weighted by Gasteiger charge is 2.18. The van der Waals surface area contributed by atoms with Gasteiger partial charge in [0.15, 0.2) is 0 Å². The summed E-state index contributed by atoms with van der Waals surface area (Å²) in [5, 5.41) is 3.50. The Hall–Kier alpha value is -0.0800. The van der Waals surface area contributed by atoms with Crippen LogP contribution in [-0.4, -0.2) is 26.8 Å². The molecule has 1 atom stereocenters. The molecule has 14 heavy (non-hydrogen) atoms. The minimum atomic E-state index is 0.416. The molecule has 86 valence electrons. The molecule has 0 aliphatic carbocycles. The predicted octanol–water partition coefficient (Wildman–Crippen LogP) is 2.68. The normalized spacial score (nSPS) is 14.4. The molecule has 0 radical (unpaired) electrons. The van der Waals surface area contributed by atoms with Crippen molar-refractivity contribution in [3.63, 3.8) is 0 Å². The van der Waals surface area contributed by atoms with E-state index in [0.29, 0.717) is 5.41 Å². The van der Waals surface area contributed by atoms with Crippen molar-refractivity contribution in [1.29, 1.82) is 0 Å². The smallest absolute Gasteiger partial charge is 0.0462 e. The second kappa shape index (κ2) is 7.24. The highest BCUT2D eigenvalue weighted by molar-refractivity contribution is 4.71. The third kappa shape index (κ3) is 7.34. The van der Waals surface area contributed by atoms with Crippen LogP contribution in [0.15, 0.2) is 0 Å². The summed E-state index contributed by atoms with van der Waals surface area (Å²) in [6.45, 7) is 12.3. The molecule has 0 spiro atoms. The Bertz CT molecular complexity index is 129. The van der Waals surface area contributed by atoms with Crippen LogP contribution in [0.2, 0.25) is 0 Å². The molecule has 2 heteroatoms. The molecule has 0 aromatic carbocycles. The van der Waals surface area contributed by atoms with Gasteiger partial charge in [-0.15, -0.1) is 0 Å². The van der Waals surface area contributed by atoms with Crippen molar-refractivity contribution in [3.8, 4) is 0 Å². The van der Waals surface area contributed by atoms with Gasteiger partial charge in [0, 0.05) is 13.7 Å². The number of methoxy groups -OCH3 is 1. The second-order valence-electron chi connectivity index (χ2n) is 5.17. The van der Waals surface area contributed by atoms with Crippen LogP contribution in [0.25, 0.3) is 0 Å². The van der Waals surface area contributed by atoms with E-state index >= 15 is 0 Å². The molecule has 0 amide bonds. The largest absolute Gasteiger partial charge is 0.385 e. The predicted molar refractivity (Wildman–Crippen MR) is 62.6 cm³/mol. The molecule has 0 bridgehead atoms. The zero-order chi connectivity index (χ0) is 11.0. The van der Waals surface area contributed by atoms with E-state index in [0.717, 1.165) is 32.0 Å². The van der Waals surface area contributed by atoms with Crippen LogP contribution in [0, 0.1) is 11.3 Å². The Morgan fingerprint density at radius 3 is 2.36 bits per heavy atom. The van der Waals surface area contributed by atoms with E-state index in [1.807, 2.05) is 0 Å². The Balaban J connectivity index is 3.28. The first-order valence-corrected chi connectivity index (χ1v) is 5.68. The monoisotopic (exact) mass is 201 g/mol. The summed E-state index contributed by atoms with van der Waals surface area (Å²) in [6, 6.07) is 0. The summed E-state index contributed by atoms with van der Waals surface area (Å²) >= 11 is 0. The van der Waals surface area contributed by atoms with E-state index in [4.69, 9.17) is 4.74 Å². The van der Waals surface area contributed by atoms with Crippen LogP contribution in [0.4, 0.5) is 0 Å². The summed E-state index contributed by atoms with van der Waals surface area (Å²) in [5.41, 5.74) is 0.416. The van der Waals surface area contributed by atoms with Crippen LogP contribution in [0.5, 0.6) is 0 Å². The first kappa shape index (κ1) is 13.9. The van der Waals surface area contributed by atoms with Crippen molar-refractivity contribution >= 4 is 0 Å². The van der Waals surface area contributed by atoms with Gasteiger partial charge in [0.1, 0.15) is 0 Å². The standard InChI is InChI=1S/C12H27NO/c1-11(12(2,3)4)10-13-8-6-7-9-14-5/h11,13H,6-10H2,1-5H3. The van der Waals surface area contributed by atoms with E-state index in [-0.39, 0.29) is 0 Å². The summed E-state index contributed by atoms with van der Waals surface area (Å²) in [4.78, 5) is 0.